The Kier molecular flexibility index (Phi) is 9.44. The van der Waals surface area contributed by atoms with Crippen molar-refractivity contribution in [3.05, 3.63) is 0 Å². The summed E-state index contributed by atoms with van der Waals surface area (Å²) in [4.78, 5) is 11.5. The quantitative estimate of drug-likeness (QED) is 0.636. The molecule has 1 amide bonds. The first kappa shape index (κ1) is 16.6. The van der Waals surface area contributed by atoms with Gasteiger partial charge in [0.05, 0.1) is 25.2 Å². The molecule has 6 heteroatoms. The highest BCUT2D eigenvalue weighted by atomic mass is 35.5. The number of ether oxygens (including phenoxy) is 1. The van der Waals surface area contributed by atoms with Gasteiger partial charge in [-0.3, -0.25) is 4.79 Å². The van der Waals surface area contributed by atoms with Crippen LogP contribution in [0.4, 0.5) is 0 Å². The number of morpholine rings is 1. The van der Waals surface area contributed by atoms with E-state index in [9.17, 15) is 9.90 Å². The van der Waals surface area contributed by atoms with Crippen molar-refractivity contribution < 1.29 is 14.6 Å². The Morgan fingerprint density at radius 3 is 3.00 bits per heavy atom. The van der Waals surface area contributed by atoms with Crippen LogP contribution in [0.15, 0.2) is 0 Å². The predicted molar refractivity (Wildman–Crippen MR) is 68.4 cm³/mol. The molecule has 0 aliphatic carbocycles. The van der Waals surface area contributed by atoms with Gasteiger partial charge in [-0.2, -0.15) is 0 Å². The highest BCUT2D eigenvalue weighted by Gasteiger charge is 2.16. The van der Waals surface area contributed by atoms with Crippen LogP contribution in [0.2, 0.25) is 0 Å². The van der Waals surface area contributed by atoms with Crippen LogP contribution >= 0.6 is 12.4 Å². The second kappa shape index (κ2) is 9.65. The summed E-state index contributed by atoms with van der Waals surface area (Å²) in [5, 5.41) is 15.3. The topological polar surface area (TPSA) is 70.6 Å². The van der Waals surface area contributed by atoms with Crippen molar-refractivity contribution >= 4 is 18.3 Å². The lowest BCUT2D eigenvalue weighted by atomic mass is 10.2. The summed E-state index contributed by atoms with van der Waals surface area (Å²) < 4.78 is 5.42. The molecule has 0 aromatic carbocycles. The highest BCUT2D eigenvalue weighted by Crippen LogP contribution is 2.01. The number of nitrogens with one attached hydrogen (secondary N) is 2. The molecular formula is C11H23ClN2O3. The zero-order chi connectivity index (χ0) is 11.8. The molecule has 0 saturated carbocycles. The zero-order valence-electron chi connectivity index (χ0n) is 10.3. The van der Waals surface area contributed by atoms with Gasteiger partial charge in [0.2, 0.25) is 5.91 Å². The van der Waals surface area contributed by atoms with Crippen LogP contribution in [0.5, 0.6) is 0 Å². The SMILES string of the molecule is CCC(O)CCNC(=O)CC1CNCCO1.Cl. The first-order valence-corrected chi connectivity index (χ1v) is 5.99. The van der Waals surface area contributed by atoms with Crippen molar-refractivity contribution in [2.45, 2.75) is 38.4 Å². The Labute approximate surface area is 109 Å². The molecule has 1 fully saturated rings. The van der Waals surface area contributed by atoms with Gasteiger partial charge in [-0.05, 0) is 12.8 Å². The maximum atomic E-state index is 11.5. The van der Waals surface area contributed by atoms with Gasteiger partial charge in [0.25, 0.3) is 0 Å². The lowest BCUT2D eigenvalue weighted by Gasteiger charge is -2.23. The van der Waals surface area contributed by atoms with Crippen LogP contribution in [0.25, 0.3) is 0 Å². The fourth-order valence-corrected chi connectivity index (χ4v) is 1.61. The Morgan fingerprint density at radius 1 is 1.65 bits per heavy atom. The van der Waals surface area contributed by atoms with E-state index in [1.165, 1.54) is 0 Å². The minimum absolute atomic E-state index is 0. The average molecular weight is 267 g/mol. The van der Waals surface area contributed by atoms with E-state index in [1.54, 1.807) is 0 Å². The number of aliphatic hydroxyl groups is 1. The van der Waals surface area contributed by atoms with E-state index in [-0.39, 0.29) is 30.5 Å². The molecule has 1 saturated heterocycles. The zero-order valence-corrected chi connectivity index (χ0v) is 11.1. The average Bonchev–Trinajstić information content (AvgIpc) is 2.30. The molecule has 0 aromatic heterocycles. The molecule has 0 aromatic rings. The van der Waals surface area contributed by atoms with Crippen molar-refractivity contribution in [3.8, 4) is 0 Å². The first-order valence-electron chi connectivity index (χ1n) is 5.99. The lowest BCUT2D eigenvalue weighted by Crippen LogP contribution is -2.41. The van der Waals surface area contributed by atoms with E-state index in [0.717, 1.165) is 19.5 Å². The van der Waals surface area contributed by atoms with E-state index >= 15 is 0 Å². The standard InChI is InChI=1S/C11H22N2O3.ClH/c1-2-9(14)3-4-13-11(15)7-10-8-12-5-6-16-10;/h9-10,12,14H,2-8H2,1H3,(H,13,15);1H. The maximum Gasteiger partial charge on any atom is 0.222 e. The lowest BCUT2D eigenvalue weighted by molar-refractivity contribution is -0.124. The van der Waals surface area contributed by atoms with Crippen LogP contribution in [0.1, 0.15) is 26.2 Å². The second-order valence-corrected chi connectivity index (χ2v) is 4.10. The van der Waals surface area contributed by atoms with Crippen molar-refractivity contribution in [1.29, 1.82) is 0 Å². The summed E-state index contributed by atoms with van der Waals surface area (Å²) in [6.07, 6.45) is 1.42. The van der Waals surface area contributed by atoms with E-state index in [0.29, 0.717) is 26.0 Å². The Morgan fingerprint density at radius 2 is 2.41 bits per heavy atom. The smallest absolute Gasteiger partial charge is 0.222 e. The van der Waals surface area contributed by atoms with Gasteiger partial charge in [-0.1, -0.05) is 6.92 Å². The predicted octanol–water partition coefficient (Wildman–Crippen LogP) is 0.0639. The minimum Gasteiger partial charge on any atom is -0.393 e. The van der Waals surface area contributed by atoms with E-state index in [4.69, 9.17) is 4.74 Å². The molecule has 102 valence electrons. The third kappa shape index (κ3) is 7.54. The number of halogens is 1. The van der Waals surface area contributed by atoms with Gasteiger partial charge in [0.15, 0.2) is 0 Å². The van der Waals surface area contributed by atoms with Crippen molar-refractivity contribution in [1.82, 2.24) is 10.6 Å². The van der Waals surface area contributed by atoms with Crippen molar-refractivity contribution in [3.63, 3.8) is 0 Å². The summed E-state index contributed by atoms with van der Waals surface area (Å²) in [7, 11) is 0. The molecule has 0 spiro atoms. The maximum absolute atomic E-state index is 11.5. The van der Waals surface area contributed by atoms with Gasteiger partial charge in [-0.15, -0.1) is 12.4 Å². The Bertz CT molecular complexity index is 211. The van der Waals surface area contributed by atoms with Gasteiger partial charge < -0.3 is 20.5 Å². The largest absolute Gasteiger partial charge is 0.393 e. The highest BCUT2D eigenvalue weighted by molar-refractivity contribution is 5.85. The van der Waals surface area contributed by atoms with Gasteiger partial charge >= 0.3 is 0 Å². The first-order chi connectivity index (χ1) is 7.72. The van der Waals surface area contributed by atoms with E-state index < -0.39 is 0 Å². The minimum atomic E-state index is -0.312. The Balaban J connectivity index is 0.00000256. The number of carbonyl (C=O) groups is 1. The summed E-state index contributed by atoms with van der Waals surface area (Å²) in [6, 6.07) is 0. The molecule has 5 nitrogen and oxygen atoms in total. The fraction of sp³-hybridized carbons (Fsp3) is 0.909. The summed E-state index contributed by atoms with van der Waals surface area (Å²) >= 11 is 0. The number of rotatable bonds is 6. The van der Waals surface area contributed by atoms with Crippen LogP contribution in [0, 0.1) is 0 Å². The number of aliphatic hydroxyl groups excluding tert-OH is 1. The van der Waals surface area contributed by atoms with E-state index in [1.807, 2.05) is 6.92 Å². The molecule has 0 radical (unpaired) electrons. The number of carbonyl (C=O) groups excluding carboxylic acids is 1. The Hall–Kier alpha value is -0.360. The molecule has 2 unspecified atom stereocenters. The molecule has 1 rings (SSSR count). The normalized spacial score (nSPS) is 21.4. The summed E-state index contributed by atoms with van der Waals surface area (Å²) in [6.45, 7) is 4.74. The third-order valence-electron chi connectivity index (χ3n) is 2.69. The van der Waals surface area contributed by atoms with Crippen molar-refractivity contribution in [2.75, 3.05) is 26.2 Å². The summed E-state index contributed by atoms with van der Waals surface area (Å²) in [5.41, 5.74) is 0. The van der Waals surface area contributed by atoms with Crippen molar-refractivity contribution in [2.24, 2.45) is 0 Å². The number of amides is 1. The van der Waals surface area contributed by atoms with Crippen LogP contribution in [0.3, 0.4) is 0 Å². The fourth-order valence-electron chi connectivity index (χ4n) is 1.61. The molecular weight excluding hydrogens is 244 g/mol. The van der Waals surface area contributed by atoms with Crippen LogP contribution in [-0.4, -0.2) is 49.5 Å². The van der Waals surface area contributed by atoms with Gasteiger partial charge in [0.1, 0.15) is 0 Å². The molecule has 1 heterocycles. The van der Waals surface area contributed by atoms with E-state index in [2.05, 4.69) is 10.6 Å². The molecule has 1 aliphatic heterocycles. The molecule has 17 heavy (non-hydrogen) atoms. The van der Waals surface area contributed by atoms with Crippen LogP contribution < -0.4 is 10.6 Å². The van der Waals surface area contributed by atoms with Gasteiger partial charge in [0, 0.05) is 19.6 Å². The second-order valence-electron chi connectivity index (χ2n) is 4.10. The van der Waals surface area contributed by atoms with Crippen LogP contribution in [-0.2, 0) is 9.53 Å². The number of hydrogen-bond donors (Lipinski definition) is 3. The monoisotopic (exact) mass is 266 g/mol. The van der Waals surface area contributed by atoms with Gasteiger partial charge in [-0.25, -0.2) is 0 Å². The third-order valence-corrected chi connectivity index (χ3v) is 2.69. The molecule has 3 N–H and O–H groups in total. The summed E-state index contributed by atoms with van der Waals surface area (Å²) in [5.74, 6) is -0.00277. The molecule has 2 atom stereocenters. The molecule has 0 bridgehead atoms. The number of hydrogen-bond acceptors (Lipinski definition) is 4. The molecule has 1 aliphatic rings.